The summed E-state index contributed by atoms with van der Waals surface area (Å²) in [6.07, 6.45) is 23.0. The summed E-state index contributed by atoms with van der Waals surface area (Å²) in [6, 6.07) is 0. The third-order valence-corrected chi connectivity index (χ3v) is 3.00. The predicted molar refractivity (Wildman–Crippen MR) is 86.2 cm³/mol. The second-order valence-corrected chi connectivity index (χ2v) is 4.87. The summed E-state index contributed by atoms with van der Waals surface area (Å²) >= 11 is 0. The van der Waals surface area contributed by atoms with E-state index in [1.165, 1.54) is 19.3 Å². The molecule has 1 N–H and O–H groups in total. The molecule has 0 fully saturated rings. The highest BCUT2D eigenvalue weighted by Gasteiger charge is 2.01. The Kier molecular flexibility index (Phi) is 14.1. The first kappa shape index (κ1) is 17.9. The van der Waals surface area contributed by atoms with Crippen LogP contribution in [-0.2, 0) is 0 Å². The van der Waals surface area contributed by atoms with Gasteiger partial charge in [0.2, 0.25) is 0 Å². The van der Waals surface area contributed by atoms with Crippen LogP contribution >= 0.6 is 0 Å². The lowest BCUT2D eigenvalue weighted by atomic mass is 10.1. The molecule has 0 aromatic carbocycles. The summed E-state index contributed by atoms with van der Waals surface area (Å²) in [5, 5.41) is 9.58. The van der Waals surface area contributed by atoms with E-state index in [4.69, 9.17) is 0 Å². The summed E-state index contributed by atoms with van der Waals surface area (Å²) in [5.41, 5.74) is 0. The van der Waals surface area contributed by atoms with Gasteiger partial charge in [-0.15, -0.1) is 0 Å². The smallest absolute Gasteiger partial charge is 0.0540 e. The van der Waals surface area contributed by atoms with Crippen molar-refractivity contribution in [3.63, 3.8) is 0 Å². The molecule has 0 spiro atoms. The van der Waals surface area contributed by atoms with Gasteiger partial charge in [-0.05, 0) is 25.7 Å². The fourth-order valence-electron chi connectivity index (χ4n) is 1.92. The van der Waals surface area contributed by atoms with E-state index >= 15 is 0 Å². The van der Waals surface area contributed by atoms with Gasteiger partial charge in [0.15, 0.2) is 0 Å². The van der Waals surface area contributed by atoms with Crippen LogP contribution in [0.5, 0.6) is 0 Å². The molecule has 0 heterocycles. The maximum absolute atomic E-state index is 9.58. The van der Waals surface area contributed by atoms with Crippen LogP contribution in [0, 0.1) is 0 Å². The Balaban J connectivity index is 3.31. The zero-order valence-electron chi connectivity index (χ0n) is 12.4. The molecule has 19 heavy (non-hydrogen) atoms. The number of aliphatic hydroxyl groups excluding tert-OH is 1. The zero-order chi connectivity index (χ0) is 14.2. The molecule has 0 saturated carbocycles. The molecule has 0 aliphatic carbocycles. The summed E-state index contributed by atoms with van der Waals surface area (Å²) in [5.74, 6) is 0. The first-order valence-corrected chi connectivity index (χ1v) is 7.60. The highest BCUT2D eigenvalue weighted by Crippen LogP contribution is 2.10. The normalized spacial score (nSPS) is 13.8. The van der Waals surface area contributed by atoms with Gasteiger partial charge in [-0.2, -0.15) is 0 Å². The maximum atomic E-state index is 9.58. The molecule has 1 heteroatoms. The minimum Gasteiger partial charge on any atom is -0.393 e. The number of allylic oxidation sites excluding steroid dienone is 7. The predicted octanol–water partition coefficient (Wildman–Crippen LogP) is 5.34. The average molecular weight is 262 g/mol. The van der Waals surface area contributed by atoms with Gasteiger partial charge in [0.05, 0.1) is 6.10 Å². The van der Waals surface area contributed by atoms with Gasteiger partial charge in [0.1, 0.15) is 0 Å². The topological polar surface area (TPSA) is 20.2 Å². The lowest BCUT2D eigenvalue weighted by Crippen LogP contribution is -2.04. The molecular weight excluding hydrogens is 232 g/mol. The molecule has 0 aliphatic heterocycles. The minimum atomic E-state index is -0.0707. The van der Waals surface area contributed by atoms with Crippen LogP contribution < -0.4 is 0 Å². The Bertz CT molecular complexity index is 273. The molecule has 0 radical (unpaired) electrons. The Labute approximate surface area is 119 Å². The van der Waals surface area contributed by atoms with Gasteiger partial charge >= 0.3 is 0 Å². The van der Waals surface area contributed by atoms with Crippen molar-refractivity contribution in [2.45, 2.75) is 64.4 Å². The lowest BCUT2D eigenvalue weighted by Gasteiger charge is -2.07. The van der Waals surface area contributed by atoms with E-state index in [-0.39, 0.29) is 6.10 Å². The number of hydrogen-bond donors (Lipinski definition) is 1. The number of hydrogen-bond acceptors (Lipinski definition) is 1. The van der Waals surface area contributed by atoms with Gasteiger partial charge in [0.25, 0.3) is 0 Å². The summed E-state index contributed by atoms with van der Waals surface area (Å²) in [6.45, 7) is 5.73. The Morgan fingerprint density at radius 2 is 1.58 bits per heavy atom. The van der Waals surface area contributed by atoms with Crippen molar-refractivity contribution in [2.24, 2.45) is 0 Å². The lowest BCUT2D eigenvalue weighted by molar-refractivity contribution is 0.150. The molecule has 0 aromatic rings. The van der Waals surface area contributed by atoms with Gasteiger partial charge in [-0.1, -0.05) is 81.7 Å². The summed E-state index contributed by atoms with van der Waals surface area (Å²) in [4.78, 5) is 0. The molecule has 0 aromatic heterocycles. The second-order valence-electron chi connectivity index (χ2n) is 4.87. The van der Waals surface area contributed by atoms with Crippen molar-refractivity contribution in [1.29, 1.82) is 0 Å². The van der Waals surface area contributed by atoms with Crippen LogP contribution in [0.3, 0.4) is 0 Å². The zero-order valence-corrected chi connectivity index (χ0v) is 12.4. The highest BCUT2D eigenvalue weighted by atomic mass is 16.3. The molecule has 0 aliphatic rings. The van der Waals surface area contributed by atoms with Crippen LogP contribution in [0.15, 0.2) is 49.1 Å². The van der Waals surface area contributed by atoms with Crippen molar-refractivity contribution in [2.75, 3.05) is 0 Å². The molecule has 0 rings (SSSR count). The van der Waals surface area contributed by atoms with E-state index in [0.717, 1.165) is 32.1 Å². The Morgan fingerprint density at radius 3 is 2.32 bits per heavy atom. The number of aliphatic hydroxyl groups is 1. The van der Waals surface area contributed by atoms with Crippen molar-refractivity contribution >= 4 is 0 Å². The van der Waals surface area contributed by atoms with Crippen molar-refractivity contribution < 1.29 is 5.11 Å². The molecule has 1 nitrogen and oxygen atoms in total. The molecule has 1 unspecified atom stereocenters. The van der Waals surface area contributed by atoms with Gasteiger partial charge < -0.3 is 5.11 Å². The average Bonchev–Trinajstić information content (AvgIpc) is 2.40. The largest absolute Gasteiger partial charge is 0.393 e. The summed E-state index contributed by atoms with van der Waals surface area (Å²) in [7, 11) is 0. The van der Waals surface area contributed by atoms with Crippen molar-refractivity contribution in [3.8, 4) is 0 Å². The van der Waals surface area contributed by atoms with E-state index in [9.17, 15) is 5.11 Å². The Hall–Kier alpha value is -1.08. The molecule has 0 bridgehead atoms. The first-order chi connectivity index (χ1) is 9.31. The molecular formula is C18H30O. The first-order valence-electron chi connectivity index (χ1n) is 7.60. The van der Waals surface area contributed by atoms with Gasteiger partial charge in [-0.3, -0.25) is 0 Å². The van der Waals surface area contributed by atoms with Crippen molar-refractivity contribution in [1.82, 2.24) is 0 Å². The maximum Gasteiger partial charge on any atom is 0.0540 e. The van der Waals surface area contributed by atoms with Crippen LogP contribution in [0.1, 0.15) is 58.3 Å². The highest BCUT2D eigenvalue weighted by molar-refractivity contribution is 5.14. The molecule has 0 saturated heterocycles. The Morgan fingerprint density at radius 1 is 0.895 bits per heavy atom. The van der Waals surface area contributed by atoms with Crippen LogP contribution in [0.25, 0.3) is 0 Å². The van der Waals surface area contributed by atoms with Gasteiger partial charge in [-0.25, -0.2) is 0 Å². The van der Waals surface area contributed by atoms with E-state index in [0.29, 0.717) is 0 Å². The molecule has 0 amide bonds. The van der Waals surface area contributed by atoms with E-state index in [2.05, 4.69) is 25.7 Å². The van der Waals surface area contributed by atoms with E-state index < -0.39 is 0 Å². The monoisotopic (exact) mass is 262 g/mol. The van der Waals surface area contributed by atoms with Crippen LogP contribution in [0.4, 0.5) is 0 Å². The van der Waals surface area contributed by atoms with E-state index in [1.54, 1.807) is 6.08 Å². The standard InChI is InChI=1S/C18H30O/c1-3-5-6-7-8-9-10-11-12-13-14-15-17-18(19)16-4-2/h3,5-10,18-19H,1,4,11-17H2,2H3. The number of unbranched alkanes of at least 4 members (excludes halogenated alkanes) is 4. The van der Waals surface area contributed by atoms with Crippen molar-refractivity contribution in [3.05, 3.63) is 49.1 Å². The number of rotatable bonds is 12. The third kappa shape index (κ3) is 14.9. The molecule has 108 valence electrons. The van der Waals surface area contributed by atoms with Gasteiger partial charge in [0, 0.05) is 0 Å². The fourth-order valence-corrected chi connectivity index (χ4v) is 1.92. The summed E-state index contributed by atoms with van der Waals surface area (Å²) < 4.78 is 0. The second kappa shape index (κ2) is 15.0. The third-order valence-electron chi connectivity index (χ3n) is 3.00. The van der Waals surface area contributed by atoms with Crippen LogP contribution in [0.2, 0.25) is 0 Å². The van der Waals surface area contributed by atoms with E-state index in [1.807, 2.05) is 24.3 Å². The minimum absolute atomic E-state index is 0.0707. The quantitative estimate of drug-likeness (QED) is 0.371. The SMILES string of the molecule is C=CC=CC=CC=CCCCCCCC(O)CCC. The van der Waals surface area contributed by atoms with Crippen LogP contribution in [-0.4, -0.2) is 11.2 Å². The fraction of sp³-hybridized carbons (Fsp3) is 0.556. The molecule has 1 atom stereocenters.